The van der Waals surface area contributed by atoms with Crippen molar-refractivity contribution in [2.75, 3.05) is 20.3 Å². The Balaban J connectivity index is 1.81. The fourth-order valence-corrected chi connectivity index (χ4v) is 2.29. The van der Waals surface area contributed by atoms with E-state index >= 15 is 0 Å². The summed E-state index contributed by atoms with van der Waals surface area (Å²) in [6.07, 6.45) is 3.69. The van der Waals surface area contributed by atoms with Crippen LogP contribution in [0.4, 0.5) is 0 Å². The van der Waals surface area contributed by atoms with Gasteiger partial charge >= 0.3 is 11.8 Å². The van der Waals surface area contributed by atoms with E-state index in [9.17, 15) is 9.59 Å². The molecule has 7 nitrogen and oxygen atoms in total. The van der Waals surface area contributed by atoms with Gasteiger partial charge in [-0.05, 0) is 35.7 Å². The van der Waals surface area contributed by atoms with Gasteiger partial charge in [-0.15, -0.1) is 0 Å². The van der Waals surface area contributed by atoms with Gasteiger partial charge in [-0.2, -0.15) is 5.10 Å². The van der Waals surface area contributed by atoms with E-state index in [0.717, 1.165) is 5.56 Å². The van der Waals surface area contributed by atoms with Crippen molar-refractivity contribution in [2.45, 2.75) is 6.42 Å². The van der Waals surface area contributed by atoms with E-state index in [1.807, 2.05) is 30.3 Å². The first-order valence-corrected chi connectivity index (χ1v) is 8.71. The van der Waals surface area contributed by atoms with Gasteiger partial charge in [0.05, 0.1) is 13.3 Å². The molecule has 2 rings (SSSR count). The van der Waals surface area contributed by atoms with Crippen LogP contribution in [0.2, 0.25) is 0 Å². The molecule has 0 atom stereocenters. The maximum Gasteiger partial charge on any atom is 0.329 e. The second kappa shape index (κ2) is 11.2. The third-order valence-electron chi connectivity index (χ3n) is 3.67. The molecule has 2 amide bonds. The standard InChI is InChI=1S/C21H23N3O4/c1-3-13-28-18-10-9-17(14-19(18)27-2)15-23-24-21(26)20(25)22-12-11-16-7-5-4-6-8-16/h3-10,14-15H,1,11-13H2,2H3,(H,22,25)(H,24,26)/b23-15-. The van der Waals surface area contributed by atoms with Gasteiger partial charge in [0.25, 0.3) is 0 Å². The van der Waals surface area contributed by atoms with Crippen molar-refractivity contribution in [1.29, 1.82) is 0 Å². The highest BCUT2D eigenvalue weighted by Gasteiger charge is 2.11. The number of carbonyl (C=O) groups is 2. The molecule has 0 spiro atoms. The minimum absolute atomic E-state index is 0.360. The smallest absolute Gasteiger partial charge is 0.329 e. The SMILES string of the molecule is C=CCOc1ccc(/C=N\NC(=O)C(=O)NCCc2ccccc2)cc1OC. The van der Waals surface area contributed by atoms with E-state index in [1.165, 1.54) is 13.3 Å². The fourth-order valence-electron chi connectivity index (χ4n) is 2.29. The first-order chi connectivity index (χ1) is 13.6. The lowest BCUT2D eigenvalue weighted by Crippen LogP contribution is -2.38. The van der Waals surface area contributed by atoms with Crippen molar-refractivity contribution in [3.63, 3.8) is 0 Å². The lowest BCUT2D eigenvalue weighted by molar-refractivity contribution is -0.139. The Kier molecular flexibility index (Phi) is 8.26. The molecule has 0 aliphatic rings. The van der Waals surface area contributed by atoms with Crippen molar-refractivity contribution in [3.05, 3.63) is 72.3 Å². The molecular formula is C21H23N3O4. The lowest BCUT2D eigenvalue weighted by atomic mass is 10.1. The number of amides is 2. The van der Waals surface area contributed by atoms with Gasteiger partial charge in [0.1, 0.15) is 6.61 Å². The molecule has 0 unspecified atom stereocenters. The molecule has 0 fully saturated rings. The largest absolute Gasteiger partial charge is 0.493 e. The van der Waals surface area contributed by atoms with Crippen molar-refractivity contribution < 1.29 is 19.1 Å². The van der Waals surface area contributed by atoms with Crippen molar-refractivity contribution >= 4 is 18.0 Å². The molecule has 0 radical (unpaired) electrons. The minimum Gasteiger partial charge on any atom is -0.493 e. The number of methoxy groups -OCH3 is 1. The number of hydrogen-bond donors (Lipinski definition) is 2. The van der Waals surface area contributed by atoms with Crippen LogP contribution >= 0.6 is 0 Å². The molecule has 146 valence electrons. The van der Waals surface area contributed by atoms with Crippen molar-refractivity contribution in [3.8, 4) is 11.5 Å². The summed E-state index contributed by atoms with van der Waals surface area (Å²) in [5.74, 6) is -0.474. The molecule has 0 bridgehead atoms. The second-order valence-corrected chi connectivity index (χ2v) is 5.70. The number of carbonyl (C=O) groups excluding carboxylic acids is 2. The number of hydrogen-bond acceptors (Lipinski definition) is 5. The maximum atomic E-state index is 11.8. The lowest BCUT2D eigenvalue weighted by Gasteiger charge is -2.09. The summed E-state index contributed by atoms with van der Waals surface area (Å²) in [7, 11) is 1.53. The molecule has 0 aliphatic carbocycles. The molecule has 0 aliphatic heterocycles. The van der Waals surface area contributed by atoms with Gasteiger partial charge in [0, 0.05) is 6.54 Å². The van der Waals surface area contributed by atoms with Crippen LogP contribution in [0.3, 0.4) is 0 Å². The van der Waals surface area contributed by atoms with Crippen molar-refractivity contribution in [1.82, 2.24) is 10.7 Å². The van der Waals surface area contributed by atoms with E-state index in [4.69, 9.17) is 9.47 Å². The summed E-state index contributed by atoms with van der Waals surface area (Å²) in [6.45, 7) is 4.32. The molecule has 2 N–H and O–H groups in total. The Morgan fingerprint density at radius 1 is 1.11 bits per heavy atom. The summed E-state index contributed by atoms with van der Waals surface area (Å²) in [6, 6.07) is 14.9. The van der Waals surface area contributed by atoms with E-state index in [0.29, 0.717) is 36.6 Å². The summed E-state index contributed by atoms with van der Waals surface area (Å²) < 4.78 is 10.7. The summed E-state index contributed by atoms with van der Waals surface area (Å²) >= 11 is 0. The molecule has 0 aromatic heterocycles. The third-order valence-corrected chi connectivity index (χ3v) is 3.67. The van der Waals surface area contributed by atoms with Gasteiger partial charge in [-0.25, -0.2) is 5.43 Å². The minimum atomic E-state index is -0.831. The topological polar surface area (TPSA) is 89.0 Å². The molecule has 2 aromatic carbocycles. The van der Waals surface area contributed by atoms with Crippen LogP contribution in [0, 0.1) is 0 Å². The van der Waals surface area contributed by atoms with Crippen LogP contribution in [0.5, 0.6) is 11.5 Å². The van der Waals surface area contributed by atoms with Crippen molar-refractivity contribution in [2.24, 2.45) is 5.10 Å². The molecule has 2 aromatic rings. The highest BCUT2D eigenvalue weighted by molar-refractivity contribution is 6.35. The number of nitrogens with one attached hydrogen (secondary N) is 2. The first kappa shape index (κ1) is 20.7. The predicted molar refractivity (Wildman–Crippen MR) is 108 cm³/mol. The Morgan fingerprint density at radius 3 is 2.61 bits per heavy atom. The fraction of sp³-hybridized carbons (Fsp3) is 0.190. The molecule has 0 saturated carbocycles. The zero-order valence-corrected chi connectivity index (χ0v) is 15.7. The normalized spacial score (nSPS) is 10.3. The van der Waals surface area contributed by atoms with Crippen LogP contribution in [0.15, 0.2) is 66.3 Å². The Hall–Kier alpha value is -3.61. The van der Waals surface area contributed by atoms with E-state index in [-0.39, 0.29) is 0 Å². The van der Waals surface area contributed by atoms with E-state index < -0.39 is 11.8 Å². The Morgan fingerprint density at radius 2 is 1.89 bits per heavy atom. The van der Waals surface area contributed by atoms with E-state index in [2.05, 4.69) is 22.4 Å². The zero-order chi connectivity index (χ0) is 20.2. The predicted octanol–water partition coefficient (Wildman–Crippen LogP) is 2.07. The second-order valence-electron chi connectivity index (χ2n) is 5.70. The van der Waals surface area contributed by atoms with Gasteiger partial charge < -0.3 is 14.8 Å². The third kappa shape index (κ3) is 6.60. The summed E-state index contributed by atoms with van der Waals surface area (Å²) in [4.78, 5) is 23.6. The highest BCUT2D eigenvalue weighted by atomic mass is 16.5. The van der Waals surface area contributed by atoms with Crippen LogP contribution in [-0.4, -0.2) is 38.3 Å². The van der Waals surface area contributed by atoms with Crippen LogP contribution in [0.1, 0.15) is 11.1 Å². The van der Waals surface area contributed by atoms with Gasteiger partial charge in [0.15, 0.2) is 11.5 Å². The quantitative estimate of drug-likeness (QED) is 0.301. The Bertz CT molecular complexity index is 835. The highest BCUT2D eigenvalue weighted by Crippen LogP contribution is 2.27. The van der Waals surface area contributed by atoms with Crippen LogP contribution in [0.25, 0.3) is 0 Å². The average molecular weight is 381 g/mol. The van der Waals surface area contributed by atoms with E-state index in [1.54, 1.807) is 24.3 Å². The number of rotatable bonds is 9. The molecular weight excluding hydrogens is 358 g/mol. The summed E-state index contributed by atoms with van der Waals surface area (Å²) in [5.41, 5.74) is 3.95. The van der Waals surface area contributed by atoms with Gasteiger partial charge in [-0.1, -0.05) is 43.0 Å². The summed E-state index contributed by atoms with van der Waals surface area (Å²) in [5, 5.41) is 6.35. The Labute approximate surface area is 164 Å². The number of hydrazone groups is 1. The molecule has 28 heavy (non-hydrogen) atoms. The molecule has 0 saturated heterocycles. The maximum absolute atomic E-state index is 11.8. The first-order valence-electron chi connectivity index (χ1n) is 8.71. The van der Waals surface area contributed by atoms with Crippen LogP contribution in [-0.2, 0) is 16.0 Å². The van der Waals surface area contributed by atoms with Gasteiger partial charge in [0.2, 0.25) is 0 Å². The van der Waals surface area contributed by atoms with Crippen LogP contribution < -0.4 is 20.2 Å². The van der Waals surface area contributed by atoms with Gasteiger partial charge in [-0.3, -0.25) is 9.59 Å². The number of nitrogens with zero attached hydrogens (tertiary/aromatic N) is 1. The zero-order valence-electron chi connectivity index (χ0n) is 15.7. The monoisotopic (exact) mass is 381 g/mol. The average Bonchev–Trinajstić information content (AvgIpc) is 2.73. The number of ether oxygens (including phenoxy) is 2. The molecule has 7 heteroatoms. The molecule has 0 heterocycles. The number of benzene rings is 2.